The minimum atomic E-state index is -0.976. The predicted octanol–water partition coefficient (Wildman–Crippen LogP) is 6.20. The zero-order valence-electron chi connectivity index (χ0n) is 15.9. The number of hydrogen-bond acceptors (Lipinski definition) is 4. The van der Waals surface area contributed by atoms with Crippen molar-refractivity contribution in [2.24, 2.45) is 11.3 Å². The van der Waals surface area contributed by atoms with E-state index in [4.69, 9.17) is 19.6 Å². The van der Waals surface area contributed by atoms with Crippen molar-refractivity contribution in [1.29, 1.82) is 0 Å². The Labute approximate surface area is 168 Å². The summed E-state index contributed by atoms with van der Waals surface area (Å²) in [5.74, 6) is -0.537. The summed E-state index contributed by atoms with van der Waals surface area (Å²) in [6, 6.07) is 0. The molecule has 1 aliphatic carbocycles. The third-order valence-corrected chi connectivity index (χ3v) is 8.22. The summed E-state index contributed by atoms with van der Waals surface area (Å²) in [6.45, 7) is 18.5. The van der Waals surface area contributed by atoms with Crippen LogP contribution in [0.1, 0.15) is 75.2 Å². The van der Waals surface area contributed by atoms with Gasteiger partial charge in [0.25, 0.3) is 5.79 Å². The van der Waals surface area contributed by atoms with Gasteiger partial charge in [-0.25, -0.2) is 9.78 Å². The van der Waals surface area contributed by atoms with Crippen LogP contribution in [-0.4, -0.2) is 18.4 Å². The van der Waals surface area contributed by atoms with E-state index in [1.54, 1.807) is 0 Å². The lowest BCUT2D eigenvalue weighted by atomic mass is 9.70. The first-order valence-corrected chi connectivity index (χ1v) is 10.3. The minimum absolute atomic E-state index is 0.00568. The van der Waals surface area contributed by atoms with Gasteiger partial charge in [-0.15, -0.1) is 0 Å². The number of hydrogen-bond donors (Lipinski definition) is 0. The largest absolute Gasteiger partial charge is 0.257 e. The molecule has 0 aliphatic heterocycles. The van der Waals surface area contributed by atoms with Crippen molar-refractivity contribution >= 4 is 45.2 Å². The van der Waals surface area contributed by atoms with E-state index < -0.39 is 17.0 Å². The Morgan fingerprint density at radius 3 is 1.57 bits per heavy atom. The van der Waals surface area contributed by atoms with E-state index in [1.807, 2.05) is 41.5 Å². The van der Waals surface area contributed by atoms with Crippen LogP contribution < -0.4 is 0 Å². The van der Waals surface area contributed by atoms with Crippen LogP contribution in [0.2, 0.25) is 0 Å². The molecule has 0 saturated heterocycles. The van der Waals surface area contributed by atoms with Crippen molar-refractivity contribution in [3.8, 4) is 0 Å². The van der Waals surface area contributed by atoms with Gasteiger partial charge in [-0.3, -0.25) is 0 Å². The monoisotopic (exact) mass is 554 g/mol. The van der Waals surface area contributed by atoms with Gasteiger partial charge in [0.15, 0.2) is 0 Å². The second-order valence-corrected chi connectivity index (χ2v) is 14.6. The van der Waals surface area contributed by atoms with Crippen molar-refractivity contribution in [3.05, 3.63) is 0 Å². The Hall–Kier alpha value is 1.30. The highest BCUT2D eigenvalue weighted by atomic mass is 127. The fraction of sp³-hybridized carbons (Fsp3) is 1.00. The van der Waals surface area contributed by atoms with Crippen LogP contribution in [0, 0.1) is 11.3 Å². The molecule has 0 amide bonds. The summed E-state index contributed by atoms with van der Waals surface area (Å²) in [4.78, 5) is 23.4. The van der Waals surface area contributed by atoms with Crippen LogP contribution in [-0.2, 0) is 19.6 Å². The molecule has 0 aromatic rings. The summed E-state index contributed by atoms with van der Waals surface area (Å²) >= 11 is 4.88. The molecule has 0 aromatic heterocycles. The Kier molecular flexibility index (Phi) is 6.93. The SMILES string of the molecule is CC1CC(C)(C)C(I)(I)C(OOC(C)(C)C)(OOC(C)(C)C)C1. The topological polar surface area (TPSA) is 36.9 Å². The summed E-state index contributed by atoms with van der Waals surface area (Å²) in [7, 11) is 0. The van der Waals surface area contributed by atoms with Gasteiger partial charge in [-0.05, 0) is 59.3 Å². The smallest absolute Gasteiger partial charge is 0.228 e. The highest BCUT2D eigenvalue weighted by Crippen LogP contribution is 2.62. The quantitative estimate of drug-likeness (QED) is 0.137. The maximum atomic E-state index is 5.99. The molecular weight excluding hydrogens is 522 g/mol. The molecule has 6 heteroatoms. The van der Waals surface area contributed by atoms with Gasteiger partial charge in [0.1, 0.15) is 1.43 Å². The molecule has 0 radical (unpaired) electrons. The minimum Gasteiger partial charge on any atom is -0.228 e. The summed E-state index contributed by atoms with van der Waals surface area (Å²) in [5.41, 5.74) is -0.854. The highest BCUT2D eigenvalue weighted by molar-refractivity contribution is 14.2. The molecule has 23 heavy (non-hydrogen) atoms. The summed E-state index contributed by atoms with van der Waals surface area (Å²) in [6.07, 6.45) is 1.81. The standard InChI is InChI=1S/C17H32I2O4/c1-12-10-15(8,9)17(18,19)16(11-12,22-20-13(2,3)4)23-21-14(5,6)7/h12H,10-11H2,1-9H3. The third-order valence-electron chi connectivity index (χ3n) is 3.66. The first kappa shape index (κ1) is 22.3. The molecule has 1 saturated carbocycles. The van der Waals surface area contributed by atoms with Crippen LogP contribution in [0.5, 0.6) is 0 Å². The van der Waals surface area contributed by atoms with Gasteiger partial charge in [0.2, 0.25) is 0 Å². The lowest BCUT2D eigenvalue weighted by molar-refractivity contribution is -0.549. The van der Waals surface area contributed by atoms with Crippen molar-refractivity contribution < 1.29 is 19.6 Å². The Balaban J connectivity index is 3.19. The summed E-state index contributed by atoms with van der Waals surface area (Å²) < 4.78 is -0.349. The van der Waals surface area contributed by atoms with Crippen LogP contribution in [0.15, 0.2) is 0 Å². The molecule has 0 aromatic carbocycles. The molecule has 0 N–H and O–H groups in total. The first-order valence-electron chi connectivity index (χ1n) is 8.13. The van der Waals surface area contributed by atoms with Crippen LogP contribution in [0.25, 0.3) is 0 Å². The van der Waals surface area contributed by atoms with Gasteiger partial charge in [-0.2, -0.15) is 9.78 Å². The second-order valence-electron chi connectivity index (χ2n) is 9.28. The molecule has 0 bridgehead atoms. The van der Waals surface area contributed by atoms with Crippen LogP contribution >= 0.6 is 45.2 Å². The lowest BCUT2D eigenvalue weighted by Crippen LogP contribution is -2.62. The number of rotatable bonds is 4. The third kappa shape index (κ3) is 5.64. The molecule has 1 unspecified atom stereocenters. The Bertz CT molecular complexity index is 390. The maximum absolute atomic E-state index is 5.99. The Morgan fingerprint density at radius 2 is 1.22 bits per heavy atom. The number of halogens is 2. The van der Waals surface area contributed by atoms with E-state index in [2.05, 4.69) is 66.0 Å². The van der Waals surface area contributed by atoms with E-state index in [0.29, 0.717) is 12.3 Å². The highest BCUT2D eigenvalue weighted by Gasteiger charge is 2.65. The normalized spacial score (nSPS) is 27.0. The molecular formula is C17H32I2O4. The second kappa shape index (κ2) is 7.13. The average Bonchev–Trinajstić information content (AvgIpc) is 2.28. The Morgan fingerprint density at radius 1 is 0.826 bits per heavy atom. The van der Waals surface area contributed by atoms with E-state index in [-0.39, 0.29) is 6.84 Å². The van der Waals surface area contributed by atoms with E-state index in [1.165, 1.54) is 0 Å². The van der Waals surface area contributed by atoms with Crippen molar-refractivity contribution in [1.82, 2.24) is 0 Å². The molecule has 0 heterocycles. The molecule has 1 fully saturated rings. The fourth-order valence-electron chi connectivity index (χ4n) is 2.75. The van der Waals surface area contributed by atoms with Gasteiger partial charge in [0.05, 0.1) is 11.2 Å². The predicted molar refractivity (Wildman–Crippen MR) is 110 cm³/mol. The molecule has 4 nitrogen and oxygen atoms in total. The summed E-state index contributed by atoms with van der Waals surface area (Å²) in [5, 5.41) is 0. The molecule has 1 atom stereocenters. The van der Waals surface area contributed by atoms with Gasteiger partial charge < -0.3 is 0 Å². The zero-order chi connectivity index (χ0) is 18.3. The zero-order valence-corrected chi connectivity index (χ0v) is 20.2. The average molecular weight is 554 g/mol. The molecule has 0 spiro atoms. The number of alkyl halides is 2. The molecule has 1 aliphatic rings. The van der Waals surface area contributed by atoms with Crippen LogP contribution in [0.4, 0.5) is 0 Å². The van der Waals surface area contributed by atoms with Gasteiger partial charge >= 0.3 is 0 Å². The van der Waals surface area contributed by atoms with E-state index >= 15 is 0 Å². The van der Waals surface area contributed by atoms with Crippen LogP contribution in [0.3, 0.4) is 0 Å². The maximum Gasteiger partial charge on any atom is 0.257 e. The van der Waals surface area contributed by atoms with E-state index in [9.17, 15) is 0 Å². The fourth-order valence-corrected chi connectivity index (χ4v) is 3.99. The lowest BCUT2D eigenvalue weighted by Gasteiger charge is -2.55. The van der Waals surface area contributed by atoms with Gasteiger partial charge in [0, 0.05) is 6.42 Å². The molecule has 138 valence electrons. The first-order chi connectivity index (χ1) is 10.0. The molecule has 1 rings (SSSR count). The van der Waals surface area contributed by atoms with E-state index in [0.717, 1.165) is 6.42 Å². The van der Waals surface area contributed by atoms with Crippen molar-refractivity contribution in [3.63, 3.8) is 0 Å². The van der Waals surface area contributed by atoms with Gasteiger partial charge in [-0.1, -0.05) is 66.0 Å². The van der Waals surface area contributed by atoms with Crippen molar-refractivity contribution in [2.45, 2.75) is 93.6 Å². The van der Waals surface area contributed by atoms with Crippen molar-refractivity contribution in [2.75, 3.05) is 0 Å².